The Labute approximate surface area is 149 Å². The van der Waals surface area contributed by atoms with E-state index < -0.39 is 16.1 Å². The molecule has 0 unspecified atom stereocenters. The number of amides is 1. The molecule has 0 saturated heterocycles. The first-order valence-corrected chi connectivity index (χ1v) is 10.0. The average Bonchev–Trinajstić information content (AvgIpc) is 2.54. The molecule has 5 nitrogen and oxygen atoms in total. The monoisotopic (exact) mass is 360 g/mol. The Morgan fingerprint density at radius 1 is 1.12 bits per heavy atom. The number of anilines is 2. The summed E-state index contributed by atoms with van der Waals surface area (Å²) in [5, 5.41) is 2.87. The van der Waals surface area contributed by atoms with Gasteiger partial charge in [0.1, 0.15) is 6.04 Å². The second kappa shape index (κ2) is 7.70. The number of aryl methyl sites for hydroxylation is 2. The van der Waals surface area contributed by atoms with Crippen molar-refractivity contribution in [1.29, 1.82) is 0 Å². The van der Waals surface area contributed by atoms with Gasteiger partial charge in [0.25, 0.3) is 0 Å². The molecule has 1 amide bonds. The Hall–Kier alpha value is -2.34. The van der Waals surface area contributed by atoms with E-state index in [1.165, 1.54) is 4.31 Å². The third-order valence-electron chi connectivity index (χ3n) is 3.98. The van der Waals surface area contributed by atoms with Crippen molar-refractivity contribution in [3.8, 4) is 0 Å². The van der Waals surface area contributed by atoms with E-state index in [1.54, 1.807) is 37.3 Å². The molecule has 2 aromatic rings. The predicted octanol–water partition coefficient (Wildman–Crippen LogP) is 3.49. The molecule has 134 valence electrons. The summed E-state index contributed by atoms with van der Waals surface area (Å²) in [5.74, 6) is -0.344. The van der Waals surface area contributed by atoms with E-state index in [1.807, 2.05) is 32.0 Å². The van der Waals surface area contributed by atoms with Gasteiger partial charge in [-0.3, -0.25) is 9.10 Å². The Kier molecular flexibility index (Phi) is 5.85. The molecule has 0 aliphatic carbocycles. The SMILES string of the molecule is CC[C@H](C(=O)Nc1ccc(C)cc1C)N(c1ccccc1)S(C)(=O)=O. The molecule has 0 saturated carbocycles. The Morgan fingerprint density at radius 2 is 1.76 bits per heavy atom. The molecule has 6 heteroatoms. The quantitative estimate of drug-likeness (QED) is 0.857. The molecule has 0 bridgehead atoms. The van der Waals surface area contributed by atoms with E-state index >= 15 is 0 Å². The first-order valence-electron chi connectivity index (χ1n) is 8.16. The van der Waals surface area contributed by atoms with Crippen molar-refractivity contribution in [1.82, 2.24) is 0 Å². The zero-order valence-electron chi connectivity index (χ0n) is 15.0. The highest BCUT2D eigenvalue weighted by molar-refractivity contribution is 7.92. The van der Waals surface area contributed by atoms with E-state index in [9.17, 15) is 13.2 Å². The van der Waals surface area contributed by atoms with Crippen LogP contribution in [0.4, 0.5) is 11.4 Å². The number of para-hydroxylation sites is 1. The fraction of sp³-hybridized carbons (Fsp3) is 0.316. The minimum atomic E-state index is -3.61. The zero-order chi connectivity index (χ0) is 18.6. The maximum Gasteiger partial charge on any atom is 0.248 e. The van der Waals surface area contributed by atoms with Crippen molar-refractivity contribution in [3.05, 3.63) is 59.7 Å². The smallest absolute Gasteiger partial charge is 0.248 e. The third kappa shape index (κ3) is 4.60. The van der Waals surface area contributed by atoms with E-state index in [0.717, 1.165) is 17.4 Å². The van der Waals surface area contributed by atoms with Crippen LogP contribution < -0.4 is 9.62 Å². The summed E-state index contributed by atoms with van der Waals surface area (Å²) in [5.41, 5.74) is 3.21. The summed E-state index contributed by atoms with van der Waals surface area (Å²) < 4.78 is 25.9. The lowest BCUT2D eigenvalue weighted by atomic mass is 10.1. The molecule has 0 spiro atoms. The number of carbonyl (C=O) groups is 1. The van der Waals surface area contributed by atoms with Crippen molar-refractivity contribution in [2.45, 2.75) is 33.2 Å². The average molecular weight is 360 g/mol. The van der Waals surface area contributed by atoms with Crippen LogP contribution in [0.15, 0.2) is 48.5 Å². The molecule has 2 rings (SSSR count). The highest BCUT2D eigenvalue weighted by Crippen LogP contribution is 2.24. The van der Waals surface area contributed by atoms with Gasteiger partial charge in [0.2, 0.25) is 15.9 Å². The number of carbonyl (C=O) groups excluding carboxylic acids is 1. The zero-order valence-corrected chi connectivity index (χ0v) is 15.8. The molecule has 25 heavy (non-hydrogen) atoms. The van der Waals surface area contributed by atoms with Crippen molar-refractivity contribution in [3.63, 3.8) is 0 Å². The van der Waals surface area contributed by atoms with Crippen molar-refractivity contribution in [2.24, 2.45) is 0 Å². The predicted molar refractivity (Wildman–Crippen MR) is 102 cm³/mol. The second-order valence-corrected chi connectivity index (χ2v) is 7.99. The lowest BCUT2D eigenvalue weighted by Crippen LogP contribution is -2.47. The number of hydrogen-bond acceptors (Lipinski definition) is 3. The number of rotatable bonds is 6. The summed E-state index contributed by atoms with van der Waals surface area (Å²) >= 11 is 0. The van der Waals surface area contributed by atoms with Gasteiger partial charge in [-0.2, -0.15) is 0 Å². The topological polar surface area (TPSA) is 66.5 Å². The van der Waals surface area contributed by atoms with Crippen LogP contribution >= 0.6 is 0 Å². The van der Waals surface area contributed by atoms with Crippen LogP contribution in [-0.4, -0.2) is 26.6 Å². The fourth-order valence-corrected chi connectivity index (χ4v) is 4.02. The number of nitrogens with one attached hydrogen (secondary N) is 1. The van der Waals surface area contributed by atoms with Crippen LogP contribution in [0.3, 0.4) is 0 Å². The van der Waals surface area contributed by atoms with Gasteiger partial charge in [-0.1, -0.05) is 42.8 Å². The van der Waals surface area contributed by atoms with Crippen LogP contribution in [0.25, 0.3) is 0 Å². The number of nitrogens with zero attached hydrogens (tertiary/aromatic N) is 1. The van der Waals surface area contributed by atoms with E-state index in [-0.39, 0.29) is 5.91 Å². The lowest BCUT2D eigenvalue weighted by molar-refractivity contribution is -0.117. The Balaban J connectivity index is 2.36. The minimum absolute atomic E-state index is 0.344. The van der Waals surface area contributed by atoms with Gasteiger partial charge in [0.15, 0.2) is 0 Å². The summed E-state index contributed by atoms with van der Waals surface area (Å²) in [4.78, 5) is 12.8. The number of benzene rings is 2. The van der Waals surface area contributed by atoms with Gasteiger partial charge in [-0.15, -0.1) is 0 Å². The van der Waals surface area contributed by atoms with E-state index in [4.69, 9.17) is 0 Å². The van der Waals surface area contributed by atoms with Crippen LogP contribution in [0, 0.1) is 13.8 Å². The molecule has 0 radical (unpaired) electrons. The van der Waals surface area contributed by atoms with Gasteiger partial charge in [0.05, 0.1) is 11.9 Å². The maximum absolute atomic E-state index is 12.8. The molecule has 0 heterocycles. The van der Waals surface area contributed by atoms with Crippen LogP contribution in [0.5, 0.6) is 0 Å². The number of sulfonamides is 1. The normalized spacial score (nSPS) is 12.5. The van der Waals surface area contributed by atoms with Crippen LogP contribution in [0.2, 0.25) is 0 Å². The lowest BCUT2D eigenvalue weighted by Gasteiger charge is -2.30. The Morgan fingerprint density at radius 3 is 2.28 bits per heavy atom. The summed E-state index contributed by atoms with van der Waals surface area (Å²) in [6.07, 6.45) is 1.48. The first kappa shape index (κ1) is 19.0. The highest BCUT2D eigenvalue weighted by atomic mass is 32.2. The summed E-state index contributed by atoms with van der Waals surface area (Å²) in [6.45, 7) is 5.69. The largest absolute Gasteiger partial charge is 0.324 e. The van der Waals surface area contributed by atoms with Gasteiger partial charge >= 0.3 is 0 Å². The standard InChI is InChI=1S/C19H24N2O3S/c1-5-18(19(22)20-17-12-11-14(2)13-15(17)3)21(25(4,23)24)16-9-7-6-8-10-16/h6-13,18H,5H2,1-4H3,(H,20,22)/t18-/m1/s1. The summed E-state index contributed by atoms with van der Waals surface area (Å²) in [6, 6.07) is 13.6. The van der Waals surface area contributed by atoms with Gasteiger partial charge in [-0.25, -0.2) is 8.42 Å². The molecule has 0 aliphatic rings. The second-order valence-electron chi connectivity index (χ2n) is 6.13. The van der Waals surface area contributed by atoms with Crippen molar-refractivity contribution >= 4 is 27.3 Å². The molecular formula is C19H24N2O3S. The van der Waals surface area contributed by atoms with Crippen molar-refractivity contribution < 1.29 is 13.2 Å². The molecule has 2 aromatic carbocycles. The summed E-state index contributed by atoms with van der Waals surface area (Å²) in [7, 11) is -3.61. The van der Waals surface area contributed by atoms with E-state index in [2.05, 4.69) is 5.32 Å². The highest BCUT2D eigenvalue weighted by Gasteiger charge is 2.31. The van der Waals surface area contributed by atoms with Gasteiger partial charge < -0.3 is 5.32 Å². The van der Waals surface area contributed by atoms with Crippen LogP contribution in [0.1, 0.15) is 24.5 Å². The van der Waals surface area contributed by atoms with Crippen LogP contribution in [-0.2, 0) is 14.8 Å². The number of hydrogen-bond donors (Lipinski definition) is 1. The Bertz CT molecular complexity index is 848. The molecular weight excluding hydrogens is 336 g/mol. The van der Waals surface area contributed by atoms with Gasteiger partial charge in [0, 0.05) is 5.69 Å². The molecule has 1 atom stereocenters. The minimum Gasteiger partial charge on any atom is -0.324 e. The van der Waals surface area contributed by atoms with Crippen molar-refractivity contribution in [2.75, 3.05) is 15.9 Å². The molecule has 0 aromatic heterocycles. The van der Waals surface area contributed by atoms with Gasteiger partial charge in [-0.05, 0) is 44.0 Å². The maximum atomic E-state index is 12.8. The van der Waals surface area contributed by atoms with E-state index in [0.29, 0.717) is 17.8 Å². The molecule has 0 aliphatic heterocycles. The molecule has 1 N–H and O–H groups in total. The molecule has 0 fully saturated rings. The first-order chi connectivity index (χ1) is 11.7. The fourth-order valence-electron chi connectivity index (χ4n) is 2.81. The third-order valence-corrected chi connectivity index (χ3v) is 5.16.